The number of rotatable bonds is 2. The van der Waals surface area contributed by atoms with Crippen LogP contribution in [-0.4, -0.2) is 20.9 Å². The van der Waals surface area contributed by atoms with E-state index in [9.17, 15) is 4.79 Å². The zero-order valence-electron chi connectivity index (χ0n) is 7.76. The Bertz CT molecular complexity index is 348. The molecule has 0 amide bonds. The number of nitrogen functional groups attached to an aromatic ring is 1. The first-order chi connectivity index (χ1) is 6.70. The van der Waals surface area contributed by atoms with Crippen molar-refractivity contribution in [3.63, 3.8) is 0 Å². The predicted molar refractivity (Wildman–Crippen MR) is 50.7 cm³/mol. The Kier molecular flexibility index (Phi) is 2.15. The molecule has 14 heavy (non-hydrogen) atoms. The van der Waals surface area contributed by atoms with Crippen LogP contribution in [0, 0.1) is 5.92 Å². The molecule has 1 heterocycles. The summed E-state index contributed by atoms with van der Waals surface area (Å²) in [7, 11) is 0. The van der Waals surface area contributed by atoms with Crippen LogP contribution in [0.4, 0.5) is 5.82 Å². The van der Waals surface area contributed by atoms with Crippen molar-refractivity contribution in [2.75, 3.05) is 5.73 Å². The third-order valence-electron chi connectivity index (χ3n) is 2.81. The van der Waals surface area contributed by atoms with Crippen LogP contribution in [0.15, 0.2) is 12.3 Å². The fourth-order valence-electron chi connectivity index (χ4n) is 2.12. The van der Waals surface area contributed by atoms with Crippen molar-refractivity contribution in [2.24, 2.45) is 5.92 Å². The summed E-state index contributed by atoms with van der Waals surface area (Å²) >= 11 is 0. The molecule has 1 fully saturated rings. The number of carboxylic acids is 1. The van der Waals surface area contributed by atoms with E-state index in [1.165, 1.54) is 0 Å². The summed E-state index contributed by atoms with van der Waals surface area (Å²) in [5.74, 6) is -0.539. The number of hydrogen-bond acceptors (Lipinski definition) is 3. The molecule has 1 aliphatic carbocycles. The van der Waals surface area contributed by atoms with Gasteiger partial charge in [0.1, 0.15) is 5.82 Å². The largest absolute Gasteiger partial charge is 0.481 e. The van der Waals surface area contributed by atoms with E-state index in [-0.39, 0.29) is 12.0 Å². The maximum Gasteiger partial charge on any atom is 0.308 e. The Morgan fingerprint density at radius 2 is 2.43 bits per heavy atom. The molecule has 5 heteroatoms. The number of aliphatic carboxylic acids is 1. The van der Waals surface area contributed by atoms with E-state index in [2.05, 4.69) is 5.10 Å². The minimum atomic E-state index is -0.748. The Labute approximate surface area is 81.5 Å². The van der Waals surface area contributed by atoms with Crippen LogP contribution in [0.25, 0.3) is 0 Å². The molecule has 0 aliphatic heterocycles. The first-order valence-electron chi connectivity index (χ1n) is 4.72. The second-order valence-electron chi connectivity index (χ2n) is 3.64. The first kappa shape index (κ1) is 9.05. The summed E-state index contributed by atoms with van der Waals surface area (Å²) in [5.41, 5.74) is 5.69. The van der Waals surface area contributed by atoms with Gasteiger partial charge in [-0.3, -0.25) is 4.79 Å². The van der Waals surface area contributed by atoms with Crippen LogP contribution in [0.3, 0.4) is 0 Å². The summed E-state index contributed by atoms with van der Waals surface area (Å²) in [5, 5.41) is 13.1. The molecule has 2 rings (SSSR count). The van der Waals surface area contributed by atoms with Crippen molar-refractivity contribution in [3.05, 3.63) is 12.3 Å². The standard InChI is InChI=1S/C9H13N3O2/c10-8-4-5-11-12(8)7-3-1-2-6(7)9(13)14/h4-7H,1-3,10H2,(H,13,14). The molecule has 1 saturated carbocycles. The highest BCUT2D eigenvalue weighted by molar-refractivity contribution is 5.71. The number of carbonyl (C=O) groups is 1. The van der Waals surface area contributed by atoms with Gasteiger partial charge in [0.25, 0.3) is 0 Å². The number of nitrogens with zero attached hydrogens (tertiary/aromatic N) is 2. The van der Waals surface area contributed by atoms with E-state index in [1.54, 1.807) is 16.9 Å². The summed E-state index contributed by atoms with van der Waals surface area (Å²) in [6.45, 7) is 0. The first-order valence-corrected chi connectivity index (χ1v) is 4.72. The molecule has 1 aliphatic rings. The number of carboxylic acid groups (broad SMARTS) is 1. The lowest BCUT2D eigenvalue weighted by atomic mass is 10.0. The molecule has 2 unspecified atom stereocenters. The zero-order valence-corrected chi connectivity index (χ0v) is 7.76. The Balaban J connectivity index is 2.26. The molecule has 0 bridgehead atoms. The van der Waals surface area contributed by atoms with Crippen LogP contribution in [0.5, 0.6) is 0 Å². The van der Waals surface area contributed by atoms with Gasteiger partial charge >= 0.3 is 5.97 Å². The number of nitrogens with two attached hydrogens (primary N) is 1. The lowest BCUT2D eigenvalue weighted by Crippen LogP contribution is -2.23. The molecule has 76 valence electrons. The molecule has 1 aromatic rings. The van der Waals surface area contributed by atoms with Crippen molar-refractivity contribution >= 4 is 11.8 Å². The maximum absolute atomic E-state index is 10.9. The topological polar surface area (TPSA) is 81.1 Å². The van der Waals surface area contributed by atoms with Crippen molar-refractivity contribution < 1.29 is 9.90 Å². The van der Waals surface area contributed by atoms with Gasteiger partial charge in [-0.2, -0.15) is 5.10 Å². The molecular formula is C9H13N3O2. The van der Waals surface area contributed by atoms with E-state index in [0.717, 1.165) is 19.3 Å². The van der Waals surface area contributed by atoms with Crippen molar-refractivity contribution in [2.45, 2.75) is 25.3 Å². The Morgan fingerprint density at radius 1 is 1.64 bits per heavy atom. The normalized spacial score (nSPS) is 26.6. The Morgan fingerprint density at radius 3 is 3.00 bits per heavy atom. The van der Waals surface area contributed by atoms with E-state index in [1.807, 2.05) is 0 Å². The van der Waals surface area contributed by atoms with E-state index < -0.39 is 5.97 Å². The quantitative estimate of drug-likeness (QED) is 0.734. The fourth-order valence-corrected chi connectivity index (χ4v) is 2.12. The predicted octanol–water partition coefficient (Wildman–Crippen LogP) is 0.891. The maximum atomic E-state index is 10.9. The molecule has 3 N–H and O–H groups in total. The average molecular weight is 195 g/mol. The zero-order chi connectivity index (χ0) is 10.1. The van der Waals surface area contributed by atoms with Gasteiger partial charge in [-0.05, 0) is 18.9 Å². The van der Waals surface area contributed by atoms with Gasteiger partial charge in [0, 0.05) is 0 Å². The van der Waals surface area contributed by atoms with Crippen LogP contribution < -0.4 is 5.73 Å². The summed E-state index contributed by atoms with van der Waals surface area (Å²) in [6, 6.07) is 1.62. The highest BCUT2D eigenvalue weighted by atomic mass is 16.4. The van der Waals surface area contributed by atoms with Crippen molar-refractivity contribution in [1.82, 2.24) is 9.78 Å². The average Bonchev–Trinajstić information content (AvgIpc) is 2.70. The van der Waals surface area contributed by atoms with Gasteiger partial charge in [0.05, 0.1) is 18.2 Å². The smallest absolute Gasteiger partial charge is 0.308 e. The van der Waals surface area contributed by atoms with E-state index in [0.29, 0.717) is 5.82 Å². The molecule has 0 aromatic carbocycles. The summed E-state index contributed by atoms with van der Waals surface area (Å²) in [6.07, 6.45) is 4.11. The molecular weight excluding hydrogens is 182 g/mol. The third-order valence-corrected chi connectivity index (χ3v) is 2.81. The molecule has 5 nitrogen and oxygen atoms in total. The fraction of sp³-hybridized carbons (Fsp3) is 0.556. The van der Waals surface area contributed by atoms with Crippen LogP contribution in [0.1, 0.15) is 25.3 Å². The summed E-state index contributed by atoms with van der Waals surface area (Å²) < 4.78 is 1.63. The highest BCUT2D eigenvalue weighted by Crippen LogP contribution is 2.36. The van der Waals surface area contributed by atoms with Gasteiger partial charge in [-0.25, -0.2) is 4.68 Å². The van der Waals surface area contributed by atoms with Gasteiger partial charge < -0.3 is 10.8 Å². The number of anilines is 1. The summed E-state index contributed by atoms with van der Waals surface area (Å²) in [4.78, 5) is 10.9. The third kappa shape index (κ3) is 1.34. The molecule has 0 saturated heterocycles. The van der Waals surface area contributed by atoms with Crippen LogP contribution in [0.2, 0.25) is 0 Å². The minimum Gasteiger partial charge on any atom is -0.481 e. The van der Waals surface area contributed by atoms with Crippen LogP contribution >= 0.6 is 0 Å². The van der Waals surface area contributed by atoms with E-state index in [4.69, 9.17) is 10.8 Å². The second-order valence-corrected chi connectivity index (χ2v) is 3.64. The highest BCUT2D eigenvalue weighted by Gasteiger charge is 2.35. The van der Waals surface area contributed by atoms with Gasteiger partial charge in [0.15, 0.2) is 0 Å². The second kappa shape index (κ2) is 3.32. The van der Waals surface area contributed by atoms with Gasteiger partial charge in [-0.15, -0.1) is 0 Å². The van der Waals surface area contributed by atoms with Crippen molar-refractivity contribution in [3.8, 4) is 0 Å². The molecule has 2 atom stereocenters. The monoisotopic (exact) mass is 195 g/mol. The van der Waals surface area contributed by atoms with Crippen molar-refractivity contribution in [1.29, 1.82) is 0 Å². The van der Waals surface area contributed by atoms with E-state index >= 15 is 0 Å². The lowest BCUT2D eigenvalue weighted by molar-refractivity contribution is -0.142. The molecule has 1 aromatic heterocycles. The number of hydrogen-bond donors (Lipinski definition) is 2. The van der Waals surface area contributed by atoms with Gasteiger partial charge in [0.2, 0.25) is 0 Å². The minimum absolute atomic E-state index is 0.0671. The molecule has 0 radical (unpaired) electrons. The van der Waals surface area contributed by atoms with Crippen LogP contribution in [-0.2, 0) is 4.79 Å². The number of aromatic nitrogens is 2. The Hall–Kier alpha value is -1.52. The SMILES string of the molecule is Nc1ccnn1C1CCCC1C(=O)O. The van der Waals surface area contributed by atoms with Gasteiger partial charge in [-0.1, -0.05) is 6.42 Å². The lowest BCUT2D eigenvalue weighted by Gasteiger charge is -2.17. The molecule has 0 spiro atoms.